The summed E-state index contributed by atoms with van der Waals surface area (Å²) in [6.45, 7) is 3.05. The van der Waals surface area contributed by atoms with E-state index in [0.717, 1.165) is 24.4 Å². The Morgan fingerprint density at radius 3 is 2.74 bits per heavy atom. The zero-order chi connectivity index (χ0) is 13.8. The highest BCUT2D eigenvalue weighted by molar-refractivity contribution is 5.29. The Bertz CT molecular complexity index is 421. The lowest BCUT2D eigenvalue weighted by molar-refractivity contribution is 0.193. The average molecular weight is 265 g/mol. The van der Waals surface area contributed by atoms with E-state index in [1.807, 2.05) is 6.07 Å². The van der Waals surface area contributed by atoms with Crippen LogP contribution in [0, 0.1) is 23.6 Å². The highest BCUT2D eigenvalue weighted by Crippen LogP contribution is 2.35. The van der Waals surface area contributed by atoms with Crippen molar-refractivity contribution in [2.75, 3.05) is 13.7 Å². The molecule has 0 aliphatic heterocycles. The lowest BCUT2D eigenvalue weighted by atomic mass is 9.72. The van der Waals surface area contributed by atoms with Crippen molar-refractivity contribution in [1.29, 1.82) is 0 Å². The van der Waals surface area contributed by atoms with Crippen LogP contribution >= 0.6 is 0 Å². The smallest absolute Gasteiger partial charge is 0.165 e. The van der Waals surface area contributed by atoms with E-state index in [9.17, 15) is 4.39 Å². The van der Waals surface area contributed by atoms with Gasteiger partial charge in [0.25, 0.3) is 0 Å². The molecule has 1 aromatic rings. The van der Waals surface area contributed by atoms with E-state index in [-0.39, 0.29) is 5.82 Å². The van der Waals surface area contributed by atoms with E-state index in [0.29, 0.717) is 17.6 Å². The van der Waals surface area contributed by atoms with Gasteiger partial charge < -0.3 is 10.5 Å². The summed E-state index contributed by atoms with van der Waals surface area (Å²) in [4.78, 5) is 0. The van der Waals surface area contributed by atoms with Crippen LogP contribution in [0.2, 0.25) is 0 Å². The van der Waals surface area contributed by atoms with Gasteiger partial charge in [-0.2, -0.15) is 0 Å². The topological polar surface area (TPSA) is 35.2 Å². The standard InChI is InChI=1S/C16H24FNO/c1-11-3-5-13(10-18)14(7-11)8-12-4-6-16(19-2)15(17)9-12/h4,6,9,11,13-14H,3,5,7-8,10,18H2,1-2H3. The second kappa shape index (κ2) is 6.38. The minimum Gasteiger partial charge on any atom is -0.494 e. The molecule has 3 heteroatoms. The molecule has 0 radical (unpaired) electrons. The summed E-state index contributed by atoms with van der Waals surface area (Å²) in [7, 11) is 1.49. The maximum atomic E-state index is 13.7. The molecule has 2 nitrogen and oxygen atoms in total. The fraction of sp³-hybridized carbons (Fsp3) is 0.625. The minimum atomic E-state index is -0.270. The zero-order valence-electron chi connectivity index (χ0n) is 11.9. The van der Waals surface area contributed by atoms with Crippen LogP contribution in [-0.4, -0.2) is 13.7 Å². The lowest BCUT2D eigenvalue weighted by Gasteiger charge is -2.34. The molecule has 0 saturated heterocycles. The van der Waals surface area contributed by atoms with Gasteiger partial charge in [0.15, 0.2) is 11.6 Å². The fourth-order valence-corrected chi connectivity index (χ4v) is 3.26. The van der Waals surface area contributed by atoms with Gasteiger partial charge >= 0.3 is 0 Å². The van der Waals surface area contributed by atoms with Gasteiger partial charge in [0, 0.05) is 0 Å². The summed E-state index contributed by atoms with van der Waals surface area (Å²) in [5, 5.41) is 0. The number of benzene rings is 1. The van der Waals surface area contributed by atoms with E-state index in [1.165, 1.54) is 26.4 Å². The van der Waals surface area contributed by atoms with Crippen molar-refractivity contribution in [2.45, 2.75) is 32.6 Å². The first kappa shape index (κ1) is 14.3. The molecule has 0 aromatic heterocycles. The summed E-state index contributed by atoms with van der Waals surface area (Å²) >= 11 is 0. The number of halogens is 1. The molecule has 106 valence electrons. The molecular weight excluding hydrogens is 241 g/mol. The van der Waals surface area contributed by atoms with Gasteiger partial charge in [-0.3, -0.25) is 0 Å². The molecule has 2 rings (SSSR count). The zero-order valence-corrected chi connectivity index (χ0v) is 11.9. The quantitative estimate of drug-likeness (QED) is 0.905. The molecule has 0 amide bonds. The van der Waals surface area contributed by atoms with Crippen molar-refractivity contribution in [2.24, 2.45) is 23.5 Å². The second-order valence-electron chi connectivity index (χ2n) is 5.85. The Hall–Kier alpha value is -1.09. The van der Waals surface area contributed by atoms with E-state index >= 15 is 0 Å². The van der Waals surface area contributed by atoms with Crippen LogP contribution in [0.4, 0.5) is 4.39 Å². The molecule has 1 aliphatic carbocycles. The van der Waals surface area contributed by atoms with Crippen LogP contribution in [0.1, 0.15) is 31.7 Å². The van der Waals surface area contributed by atoms with Crippen molar-refractivity contribution >= 4 is 0 Å². The predicted molar refractivity (Wildman–Crippen MR) is 75.7 cm³/mol. The number of nitrogens with two attached hydrogens (primary N) is 1. The van der Waals surface area contributed by atoms with Gasteiger partial charge in [0.1, 0.15) is 0 Å². The Morgan fingerprint density at radius 2 is 2.11 bits per heavy atom. The normalized spacial score (nSPS) is 27.3. The Morgan fingerprint density at radius 1 is 1.32 bits per heavy atom. The van der Waals surface area contributed by atoms with Crippen LogP contribution in [0.25, 0.3) is 0 Å². The van der Waals surface area contributed by atoms with Crippen LogP contribution in [0.3, 0.4) is 0 Å². The summed E-state index contributed by atoms with van der Waals surface area (Å²) in [6.07, 6.45) is 4.61. The fourth-order valence-electron chi connectivity index (χ4n) is 3.26. The third-order valence-electron chi connectivity index (χ3n) is 4.42. The first-order valence-electron chi connectivity index (χ1n) is 7.16. The number of hydrogen-bond donors (Lipinski definition) is 1. The van der Waals surface area contributed by atoms with Gasteiger partial charge in [-0.05, 0) is 61.3 Å². The summed E-state index contributed by atoms with van der Waals surface area (Å²) < 4.78 is 18.7. The molecule has 1 aliphatic rings. The lowest BCUT2D eigenvalue weighted by Crippen LogP contribution is -2.31. The number of hydrogen-bond acceptors (Lipinski definition) is 2. The molecule has 0 spiro atoms. The molecule has 0 bridgehead atoms. The van der Waals surface area contributed by atoms with Crippen LogP contribution in [0.15, 0.2) is 18.2 Å². The van der Waals surface area contributed by atoms with E-state index < -0.39 is 0 Å². The maximum Gasteiger partial charge on any atom is 0.165 e. The van der Waals surface area contributed by atoms with E-state index in [4.69, 9.17) is 10.5 Å². The Kier molecular flexibility index (Phi) is 4.81. The third kappa shape index (κ3) is 3.47. The molecule has 1 aromatic carbocycles. The van der Waals surface area contributed by atoms with Crippen molar-refractivity contribution in [1.82, 2.24) is 0 Å². The molecule has 1 saturated carbocycles. The van der Waals surface area contributed by atoms with Crippen molar-refractivity contribution in [3.63, 3.8) is 0 Å². The predicted octanol–water partition coefficient (Wildman–Crippen LogP) is 3.39. The minimum absolute atomic E-state index is 0.270. The Labute approximate surface area is 115 Å². The van der Waals surface area contributed by atoms with E-state index in [1.54, 1.807) is 12.1 Å². The van der Waals surface area contributed by atoms with Crippen molar-refractivity contribution < 1.29 is 9.13 Å². The number of ether oxygens (including phenoxy) is 1. The molecule has 19 heavy (non-hydrogen) atoms. The number of methoxy groups -OCH3 is 1. The molecule has 2 N–H and O–H groups in total. The maximum absolute atomic E-state index is 13.7. The van der Waals surface area contributed by atoms with Crippen LogP contribution in [0.5, 0.6) is 5.75 Å². The molecular formula is C16H24FNO. The number of rotatable bonds is 4. The first-order valence-corrected chi connectivity index (χ1v) is 7.16. The van der Waals surface area contributed by atoms with E-state index in [2.05, 4.69) is 6.92 Å². The summed E-state index contributed by atoms with van der Waals surface area (Å²) in [5.74, 6) is 1.98. The van der Waals surface area contributed by atoms with Gasteiger partial charge in [-0.25, -0.2) is 4.39 Å². The van der Waals surface area contributed by atoms with Gasteiger partial charge in [0.05, 0.1) is 7.11 Å². The van der Waals surface area contributed by atoms with Gasteiger partial charge in [0.2, 0.25) is 0 Å². The van der Waals surface area contributed by atoms with Crippen LogP contribution in [-0.2, 0) is 6.42 Å². The molecule has 0 heterocycles. The van der Waals surface area contributed by atoms with Gasteiger partial charge in [-0.15, -0.1) is 0 Å². The molecule has 3 unspecified atom stereocenters. The average Bonchev–Trinajstić information content (AvgIpc) is 2.39. The highest BCUT2D eigenvalue weighted by Gasteiger charge is 2.27. The highest BCUT2D eigenvalue weighted by atomic mass is 19.1. The SMILES string of the molecule is COc1ccc(CC2CC(C)CCC2CN)cc1F. The van der Waals surface area contributed by atoms with Crippen LogP contribution < -0.4 is 10.5 Å². The molecule has 1 fully saturated rings. The molecule has 3 atom stereocenters. The van der Waals surface area contributed by atoms with Gasteiger partial charge in [-0.1, -0.05) is 19.4 Å². The van der Waals surface area contributed by atoms with Crippen molar-refractivity contribution in [3.8, 4) is 5.75 Å². The monoisotopic (exact) mass is 265 g/mol. The summed E-state index contributed by atoms with van der Waals surface area (Å²) in [6, 6.07) is 5.29. The van der Waals surface area contributed by atoms with Crippen molar-refractivity contribution in [3.05, 3.63) is 29.6 Å². The second-order valence-corrected chi connectivity index (χ2v) is 5.85. The largest absolute Gasteiger partial charge is 0.494 e. The summed E-state index contributed by atoms with van der Waals surface area (Å²) in [5.41, 5.74) is 6.93. The Balaban J connectivity index is 2.08. The third-order valence-corrected chi connectivity index (χ3v) is 4.42. The first-order chi connectivity index (χ1) is 9.13.